The van der Waals surface area contributed by atoms with Gasteiger partial charge in [-0.05, 0) is 60.0 Å². The summed E-state index contributed by atoms with van der Waals surface area (Å²) in [6, 6.07) is 13.2. The minimum absolute atomic E-state index is 0.0321. The molecule has 3 aliphatic heterocycles. The van der Waals surface area contributed by atoms with Gasteiger partial charge in [0.2, 0.25) is 15.9 Å². The number of pyridine rings is 1. The molecule has 0 spiro atoms. The molecule has 13 heteroatoms. The second-order valence-corrected chi connectivity index (χ2v) is 14.7. The molecule has 3 aromatic rings. The number of hydrazine groups is 1. The highest BCUT2D eigenvalue weighted by Gasteiger charge is 2.46. The van der Waals surface area contributed by atoms with Crippen LogP contribution in [0.5, 0.6) is 0 Å². The van der Waals surface area contributed by atoms with Crippen LogP contribution in [0.4, 0.5) is 5.69 Å². The molecular formula is C30H35ClN6O4S2. The quantitative estimate of drug-likeness (QED) is 0.405. The van der Waals surface area contributed by atoms with Crippen molar-refractivity contribution < 1.29 is 18.0 Å². The molecule has 6 rings (SSSR count). The smallest absolute Gasteiger partial charge is 0.252 e. The van der Waals surface area contributed by atoms with Crippen molar-refractivity contribution in [3.63, 3.8) is 0 Å². The highest BCUT2D eigenvalue weighted by molar-refractivity contribution is 7.99. The third kappa shape index (κ3) is 6.21. The van der Waals surface area contributed by atoms with E-state index in [-0.39, 0.29) is 29.9 Å². The Labute approximate surface area is 261 Å². The number of sulfonamides is 1. The van der Waals surface area contributed by atoms with E-state index >= 15 is 0 Å². The van der Waals surface area contributed by atoms with Crippen LogP contribution in [-0.4, -0.2) is 114 Å². The number of fused-ring (bicyclic) bond motifs is 1. The number of nitrogens with zero attached hydrogens (tertiary/aromatic N) is 6. The van der Waals surface area contributed by atoms with E-state index in [2.05, 4.69) is 9.88 Å². The lowest BCUT2D eigenvalue weighted by Crippen LogP contribution is -2.68. The first kappa shape index (κ1) is 30.1. The van der Waals surface area contributed by atoms with Crippen molar-refractivity contribution in [3.8, 4) is 0 Å². The zero-order valence-corrected chi connectivity index (χ0v) is 26.4. The first-order valence-corrected chi connectivity index (χ1v) is 17.5. The normalized spacial score (nSPS) is 21.1. The maximum Gasteiger partial charge on any atom is 0.252 e. The number of hydrogen-bond donors (Lipinski definition) is 0. The molecular weight excluding hydrogens is 608 g/mol. The van der Waals surface area contributed by atoms with Crippen LogP contribution in [0, 0.1) is 0 Å². The minimum Gasteiger partial charge on any atom is -0.371 e. The maximum absolute atomic E-state index is 14.0. The Morgan fingerprint density at radius 3 is 2.37 bits per heavy atom. The zero-order chi connectivity index (χ0) is 30.1. The van der Waals surface area contributed by atoms with Crippen LogP contribution in [0.15, 0.2) is 65.8 Å². The second kappa shape index (κ2) is 12.6. The Balaban J connectivity index is 1.25. The number of hydrogen-bond acceptors (Lipinski definition) is 8. The average Bonchev–Trinajstić information content (AvgIpc) is 3.04. The van der Waals surface area contributed by atoms with Crippen molar-refractivity contribution in [2.45, 2.75) is 29.8 Å². The second-order valence-electron chi connectivity index (χ2n) is 11.1. The number of benzene rings is 2. The Morgan fingerprint density at radius 1 is 0.977 bits per heavy atom. The summed E-state index contributed by atoms with van der Waals surface area (Å²) < 4.78 is 29.0. The fourth-order valence-electron chi connectivity index (χ4n) is 6.22. The summed E-state index contributed by atoms with van der Waals surface area (Å²) >= 11 is 7.90. The van der Waals surface area contributed by atoms with Crippen molar-refractivity contribution in [3.05, 3.63) is 65.9 Å². The lowest BCUT2D eigenvalue weighted by atomic mass is 10.0. The van der Waals surface area contributed by atoms with E-state index in [9.17, 15) is 18.0 Å². The molecule has 4 heterocycles. The molecule has 43 heavy (non-hydrogen) atoms. The number of piperidine rings is 1. The monoisotopic (exact) mass is 642 g/mol. The molecule has 228 valence electrons. The van der Waals surface area contributed by atoms with Gasteiger partial charge in [0.1, 0.15) is 6.04 Å². The van der Waals surface area contributed by atoms with E-state index in [1.54, 1.807) is 64.4 Å². The number of carbonyl (C=O) groups excluding carboxylic acids is 2. The molecule has 0 N–H and O–H groups in total. The Hall–Kier alpha value is -2.90. The summed E-state index contributed by atoms with van der Waals surface area (Å²) in [6.45, 7) is 2.33. The van der Waals surface area contributed by atoms with E-state index in [0.717, 1.165) is 53.9 Å². The fourth-order valence-corrected chi connectivity index (χ4v) is 8.74. The van der Waals surface area contributed by atoms with E-state index in [1.807, 2.05) is 24.2 Å². The van der Waals surface area contributed by atoms with Crippen molar-refractivity contribution in [2.24, 2.45) is 0 Å². The lowest BCUT2D eigenvalue weighted by Gasteiger charge is -2.49. The lowest BCUT2D eigenvalue weighted by molar-refractivity contribution is -0.174. The zero-order valence-electron chi connectivity index (χ0n) is 24.0. The number of rotatable bonds is 6. The molecule has 3 fully saturated rings. The molecule has 1 atom stereocenters. The van der Waals surface area contributed by atoms with Gasteiger partial charge in [0, 0.05) is 80.4 Å². The number of halogens is 1. The Morgan fingerprint density at radius 2 is 1.65 bits per heavy atom. The first-order chi connectivity index (χ1) is 20.7. The van der Waals surface area contributed by atoms with E-state index in [0.29, 0.717) is 18.1 Å². The van der Waals surface area contributed by atoms with Gasteiger partial charge in [0.25, 0.3) is 5.91 Å². The predicted molar refractivity (Wildman–Crippen MR) is 169 cm³/mol. The van der Waals surface area contributed by atoms with Gasteiger partial charge in [-0.1, -0.05) is 23.7 Å². The van der Waals surface area contributed by atoms with Gasteiger partial charge in [-0.3, -0.25) is 19.6 Å². The van der Waals surface area contributed by atoms with E-state index in [1.165, 1.54) is 10.4 Å². The molecule has 0 bridgehead atoms. The summed E-state index contributed by atoms with van der Waals surface area (Å²) in [7, 11) is -2.20. The van der Waals surface area contributed by atoms with Crippen LogP contribution >= 0.6 is 23.4 Å². The van der Waals surface area contributed by atoms with Gasteiger partial charge in [-0.15, -0.1) is 0 Å². The van der Waals surface area contributed by atoms with Crippen molar-refractivity contribution in [2.75, 3.05) is 62.7 Å². The first-order valence-electron chi connectivity index (χ1n) is 14.5. The molecule has 1 aromatic heterocycles. The number of carbonyl (C=O) groups is 2. The Bertz CT molecular complexity index is 1600. The number of thioether (sulfide) groups is 1. The van der Waals surface area contributed by atoms with Crippen LogP contribution in [0.2, 0.25) is 5.02 Å². The van der Waals surface area contributed by atoms with Gasteiger partial charge in [-0.2, -0.15) is 16.1 Å². The molecule has 3 aliphatic rings. The van der Waals surface area contributed by atoms with E-state index < -0.39 is 22.0 Å². The van der Waals surface area contributed by atoms with Gasteiger partial charge in [0.15, 0.2) is 0 Å². The highest BCUT2D eigenvalue weighted by atomic mass is 35.5. The summed E-state index contributed by atoms with van der Waals surface area (Å²) in [5.41, 5.74) is 1.11. The van der Waals surface area contributed by atoms with E-state index in [4.69, 9.17) is 11.6 Å². The predicted octanol–water partition coefficient (Wildman–Crippen LogP) is 3.18. The fraction of sp³-hybridized carbons (Fsp3) is 0.433. The molecule has 0 saturated carbocycles. The summed E-state index contributed by atoms with van der Waals surface area (Å²) in [4.78, 5) is 36.1. The SMILES string of the molecule is CN(C1CCN(c2ccncc2)CC1)N1C(=O)CN(S(=O)(=O)c2ccc3cc(Cl)ccc3c2)CC1C(=O)N1CCSCC1. The molecule has 0 aliphatic carbocycles. The van der Waals surface area contributed by atoms with Gasteiger partial charge in [-0.25, -0.2) is 13.4 Å². The molecule has 2 aromatic carbocycles. The highest BCUT2D eigenvalue weighted by Crippen LogP contribution is 2.29. The minimum atomic E-state index is -4.06. The molecule has 1 unspecified atom stereocenters. The molecule has 3 saturated heterocycles. The number of amides is 2. The Kier molecular flexibility index (Phi) is 8.84. The third-order valence-corrected chi connectivity index (χ3v) is 11.6. The van der Waals surface area contributed by atoms with Crippen LogP contribution in [-0.2, 0) is 19.6 Å². The van der Waals surface area contributed by atoms with Crippen LogP contribution in [0.1, 0.15) is 12.8 Å². The number of piperazine rings is 1. The number of aromatic nitrogens is 1. The van der Waals surface area contributed by atoms with Crippen molar-refractivity contribution in [1.82, 2.24) is 24.2 Å². The molecule has 2 amide bonds. The van der Waals surface area contributed by atoms with Crippen LogP contribution in [0.3, 0.4) is 0 Å². The summed E-state index contributed by atoms with van der Waals surface area (Å²) in [6.07, 6.45) is 5.16. The van der Waals surface area contributed by atoms with Crippen molar-refractivity contribution >= 4 is 61.7 Å². The number of anilines is 1. The summed E-state index contributed by atoms with van der Waals surface area (Å²) in [5.74, 6) is 1.03. The van der Waals surface area contributed by atoms with Crippen molar-refractivity contribution in [1.29, 1.82) is 0 Å². The third-order valence-electron chi connectivity index (χ3n) is 8.62. The topological polar surface area (TPSA) is 97.4 Å². The van der Waals surface area contributed by atoms with Crippen LogP contribution < -0.4 is 4.90 Å². The molecule has 10 nitrogen and oxygen atoms in total. The maximum atomic E-state index is 14.0. The largest absolute Gasteiger partial charge is 0.371 e. The van der Waals surface area contributed by atoms with Gasteiger partial charge < -0.3 is 9.80 Å². The van der Waals surface area contributed by atoms with Crippen LogP contribution in [0.25, 0.3) is 10.8 Å². The van der Waals surface area contributed by atoms with Gasteiger partial charge >= 0.3 is 0 Å². The van der Waals surface area contributed by atoms with Gasteiger partial charge in [0.05, 0.1) is 11.4 Å². The standard InChI is InChI=1S/C30H35ClN6O4S2/c1-33(25-8-12-34(13-9-25)26-6-10-32-11-7-26)37-28(30(39)35-14-16-42-17-15-35)20-36(21-29(37)38)43(40,41)27-5-3-22-18-24(31)4-2-23(22)19-27/h2-7,10-11,18-19,25,28H,8-9,12-17,20-21H2,1H3. The summed E-state index contributed by atoms with van der Waals surface area (Å²) in [5, 5.41) is 5.56. The average molecular weight is 643 g/mol. The molecule has 0 radical (unpaired) electrons.